The first kappa shape index (κ1) is 29.1. The van der Waals surface area contributed by atoms with Gasteiger partial charge in [0, 0.05) is 55.9 Å². The van der Waals surface area contributed by atoms with Gasteiger partial charge in [-0.05, 0) is 55.0 Å². The normalized spacial score (nSPS) is 15.5. The molecule has 1 fully saturated rings. The molecule has 1 atom stereocenters. The fraction of sp³-hybridized carbons (Fsp3) is 0.467. The molecule has 0 aliphatic carbocycles. The van der Waals surface area contributed by atoms with Crippen LogP contribution < -0.4 is 15.6 Å². The lowest BCUT2D eigenvalue weighted by molar-refractivity contribution is -0.125. The van der Waals surface area contributed by atoms with Gasteiger partial charge in [0.15, 0.2) is 0 Å². The van der Waals surface area contributed by atoms with Crippen molar-refractivity contribution in [2.24, 2.45) is 5.41 Å². The summed E-state index contributed by atoms with van der Waals surface area (Å²) < 4.78 is 7.16. The molecule has 3 heterocycles. The van der Waals surface area contributed by atoms with E-state index in [0.717, 1.165) is 16.5 Å². The molecular weight excluding hydrogens is 510 g/mol. The molecule has 40 heavy (non-hydrogen) atoms. The third-order valence-electron chi connectivity index (χ3n) is 7.60. The highest BCUT2D eigenvalue weighted by Crippen LogP contribution is 2.31. The summed E-state index contributed by atoms with van der Waals surface area (Å²) in [6, 6.07) is 11.4. The predicted octanol–water partition coefficient (Wildman–Crippen LogP) is 4.21. The molecule has 214 valence electrons. The standard InChI is InChI=1S/C30H39N5O5/c1-20-18-26(36)34(24-19-22(40-5)9-10-23(20)24)17-16-33-14-11-21(12-15-33)35(29(38)39)27(30(2,3)4)28(37)32-25-8-6-7-13-31-25/h6-10,13,18-19,21,27H,11-12,14-17H2,1-5H3,(H,38,39)(H,31,32,37). The van der Waals surface area contributed by atoms with Crippen molar-refractivity contribution in [1.29, 1.82) is 0 Å². The molecule has 0 radical (unpaired) electrons. The molecule has 2 aromatic heterocycles. The lowest BCUT2D eigenvalue weighted by atomic mass is 9.83. The van der Waals surface area contributed by atoms with E-state index in [1.54, 1.807) is 42.1 Å². The van der Waals surface area contributed by atoms with Gasteiger partial charge in [-0.3, -0.25) is 14.5 Å². The van der Waals surface area contributed by atoms with Gasteiger partial charge in [-0.1, -0.05) is 26.8 Å². The SMILES string of the molecule is COc1ccc2c(C)cc(=O)n(CCN3CCC(N(C(=O)O)C(C(=O)Nc4ccccn4)C(C)(C)C)CC3)c2c1. The Morgan fingerprint density at radius 3 is 2.48 bits per heavy atom. The van der Waals surface area contributed by atoms with Crippen molar-refractivity contribution in [3.05, 3.63) is 64.6 Å². The smallest absolute Gasteiger partial charge is 0.408 e. The number of aromatic nitrogens is 2. The summed E-state index contributed by atoms with van der Waals surface area (Å²) in [7, 11) is 1.61. The number of amides is 2. The Bertz CT molecular complexity index is 1410. The van der Waals surface area contributed by atoms with Crippen molar-refractivity contribution in [3.63, 3.8) is 0 Å². The van der Waals surface area contributed by atoms with Crippen LogP contribution in [0.4, 0.5) is 10.6 Å². The second-order valence-corrected chi connectivity index (χ2v) is 11.4. The molecule has 1 aliphatic rings. The number of ether oxygens (including phenoxy) is 1. The van der Waals surface area contributed by atoms with Crippen molar-refractivity contribution >= 4 is 28.7 Å². The number of nitrogens with zero attached hydrogens (tertiary/aromatic N) is 4. The minimum Gasteiger partial charge on any atom is -0.497 e. The second kappa shape index (κ2) is 12.1. The summed E-state index contributed by atoms with van der Waals surface area (Å²) in [6.45, 7) is 10.0. The van der Waals surface area contributed by atoms with Crippen LogP contribution in [0.25, 0.3) is 10.9 Å². The van der Waals surface area contributed by atoms with E-state index < -0.39 is 23.5 Å². The third kappa shape index (κ3) is 6.44. The van der Waals surface area contributed by atoms with Crippen LogP contribution in [0.1, 0.15) is 39.2 Å². The topological polar surface area (TPSA) is 117 Å². The molecule has 2 N–H and O–H groups in total. The van der Waals surface area contributed by atoms with Crippen LogP contribution >= 0.6 is 0 Å². The van der Waals surface area contributed by atoms with Gasteiger partial charge in [-0.2, -0.15) is 0 Å². The lowest BCUT2D eigenvalue weighted by Crippen LogP contribution is -2.59. The number of fused-ring (bicyclic) bond motifs is 1. The van der Waals surface area contributed by atoms with Gasteiger partial charge in [0.1, 0.15) is 17.6 Å². The molecule has 2 amide bonds. The van der Waals surface area contributed by atoms with Crippen molar-refractivity contribution in [3.8, 4) is 5.75 Å². The Kier molecular flexibility index (Phi) is 8.78. The molecule has 1 unspecified atom stereocenters. The zero-order valence-corrected chi connectivity index (χ0v) is 23.9. The molecule has 10 heteroatoms. The number of benzene rings is 1. The average molecular weight is 550 g/mol. The molecule has 1 saturated heterocycles. The fourth-order valence-electron chi connectivity index (χ4n) is 5.59. The number of methoxy groups -OCH3 is 1. The summed E-state index contributed by atoms with van der Waals surface area (Å²) in [5, 5.41) is 14.1. The molecule has 10 nitrogen and oxygen atoms in total. The van der Waals surface area contributed by atoms with E-state index in [-0.39, 0.29) is 11.6 Å². The number of hydrogen-bond donors (Lipinski definition) is 2. The minimum absolute atomic E-state index is 0.0582. The predicted molar refractivity (Wildman–Crippen MR) is 155 cm³/mol. The van der Waals surface area contributed by atoms with Crippen LogP contribution in [0, 0.1) is 12.3 Å². The number of likely N-dealkylation sites (tertiary alicyclic amines) is 1. The molecule has 1 aromatic carbocycles. The highest BCUT2D eigenvalue weighted by Gasteiger charge is 2.43. The van der Waals surface area contributed by atoms with E-state index in [1.165, 1.54) is 4.90 Å². The van der Waals surface area contributed by atoms with Gasteiger partial charge in [0.25, 0.3) is 5.56 Å². The van der Waals surface area contributed by atoms with Crippen molar-refractivity contribution in [2.45, 2.75) is 59.2 Å². The van der Waals surface area contributed by atoms with Gasteiger partial charge in [0.05, 0.1) is 12.6 Å². The highest BCUT2D eigenvalue weighted by atomic mass is 16.5. The largest absolute Gasteiger partial charge is 0.497 e. The number of carbonyl (C=O) groups is 2. The first-order valence-electron chi connectivity index (χ1n) is 13.6. The number of carbonyl (C=O) groups excluding carboxylic acids is 1. The van der Waals surface area contributed by atoms with E-state index >= 15 is 0 Å². The van der Waals surface area contributed by atoms with Gasteiger partial charge in [0.2, 0.25) is 5.91 Å². The zero-order valence-electron chi connectivity index (χ0n) is 23.9. The number of carboxylic acid groups (broad SMARTS) is 1. The number of nitrogens with one attached hydrogen (secondary N) is 1. The van der Waals surface area contributed by atoms with Crippen molar-refractivity contribution in [1.82, 2.24) is 19.4 Å². The number of pyridine rings is 2. The molecule has 3 aromatic rings. The van der Waals surface area contributed by atoms with Crippen molar-refractivity contribution < 1.29 is 19.4 Å². The first-order chi connectivity index (χ1) is 19.0. The monoisotopic (exact) mass is 549 g/mol. The van der Waals surface area contributed by atoms with Crippen LogP contribution in [0.2, 0.25) is 0 Å². The number of anilines is 1. The van der Waals surface area contributed by atoms with E-state index in [1.807, 2.05) is 45.9 Å². The van der Waals surface area contributed by atoms with Crippen LogP contribution in [0.15, 0.2) is 53.5 Å². The Balaban J connectivity index is 1.46. The summed E-state index contributed by atoms with van der Waals surface area (Å²) in [5.41, 5.74) is 1.07. The summed E-state index contributed by atoms with van der Waals surface area (Å²) in [5.74, 6) is 0.691. The van der Waals surface area contributed by atoms with Gasteiger partial charge in [-0.25, -0.2) is 9.78 Å². The van der Waals surface area contributed by atoms with E-state index in [9.17, 15) is 19.5 Å². The third-order valence-corrected chi connectivity index (χ3v) is 7.60. The molecule has 0 saturated carbocycles. The van der Waals surface area contributed by atoms with Crippen LogP contribution in [-0.4, -0.2) is 75.3 Å². The lowest BCUT2D eigenvalue weighted by Gasteiger charge is -2.44. The van der Waals surface area contributed by atoms with Crippen LogP contribution in [-0.2, 0) is 11.3 Å². The maximum atomic E-state index is 13.4. The average Bonchev–Trinajstić information content (AvgIpc) is 2.91. The number of aryl methyl sites for hydroxylation is 1. The number of piperidine rings is 1. The van der Waals surface area contributed by atoms with Crippen molar-refractivity contribution in [2.75, 3.05) is 32.1 Å². The summed E-state index contributed by atoms with van der Waals surface area (Å²) in [4.78, 5) is 46.6. The Hall–Kier alpha value is -3.92. The molecular formula is C30H39N5O5. The molecule has 0 spiro atoms. The Morgan fingerprint density at radius 1 is 1.15 bits per heavy atom. The maximum absolute atomic E-state index is 13.4. The highest BCUT2D eigenvalue weighted by molar-refractivity contribution is 5.96. The van der Waals surface area contributed by atoms with Crippen LogP contribution in [0.3, 0.4) is 0 Å². The minimum atomic E-state index is -1.11. The summed E-state index contributed by atoms with van der Waals surface area (Å²) >= 11 is 0. The molecule has 1 aliphatic heterocycles. The molecule has 4 rings (SSSR count). The Labute approximate surface area is 234 Å². The van der Waals surface area contributed by atoms with E-state index in [4.69, 9.17) is 4.74 Å². The summed E-state index contributed by atoms with van der Waals surface area (Å²) in [6.07, 6.45) is 1.65. The Morgan fingerprint density at radius 2 is 1.88 bits per heavy atom. The fourth-order valence-corrected chi connectivity index (χ4v) is 5.59. The second-order valence-electron chi connectivity index (χ2n) is 11.4. The van der Waals surface area contributed by atoms with Crippen LogP contribution in [0.5, 0.6) is 5.75 Å². The first-order valence-corrected chi connectivity index (χ1v) is 13.6. The maximum Gasteiger partial charge on any atom is 0.408 e. The van der Waals surface area contributed by atoms with Gasteiger partial charge in [-0.15, -0.1) is 0 Å². The van der Waals surface area contributed by atoms with Gasteiger partial charge >= 0.3 is 6.09 Å². The van der Waals surface area contributed by atoms with E-state index in [0.29, 0.717) is 50.6 Å². The quantitative estimate of drug-likeness (QED) is 0.432. The van der Waals surface area contributed by atoms with Gasteiger partial charge < -0.3 is 24.6 Å². The van der Waals surface area contributed by atoms with E-state index in [2.05, 4.69) is 15.2 Å². The molecule has 0 bridgehead atoms. The number of hydrogen-bond acceptors (Lipinski definition) is 6. The number of rotatable bonds is 8. The zero-order chi connectivity index (χ0) is 29.0.